The molecule has 0 aliphatic rings. The number of carbonyl (C=O) groups is 1. The predicted octanol–water partition coefficient (Wildman–Crippen LogP) is 2.17. The van der Waals surface area contributed by atoms with E-state index in [1.54, 1.807) is 13.2 Å². The summed E-state index contributed by atoms with van der Waals surface area (Å²) in [6, 6.07) is 0. The Kier molecular flexibility index (Phi) is 5.55. The first-order chi connectivity index (χ1) is 8.60. The van der Waals surface area contributed by atoms with Crippen molar-refractivity contribution in [3.63, 3.8) is 0 Å². The molecule has 0 unspecified atom stereocenters. The number of hydrogen-bond acceptors (Lipinski definition) is 4. The van der Waals surface area contributed by atoms with E-state index in [9.17, 15) is 4.79 Å². The minimum Gasteiger partial charge on any atom is -0.385 e. The summed E-state index contributed by atoms with van der Waals surface area (Å²) in [4.78, 5) is 20.6. The van der Waals surface area contributed by atoms with Crippen molar-refractivity contribution in [2.45, 2.75) is 39.5 Å². The number of unbranched alkanes of at least 4 members (excludes halogenated alkanes) is 1. The number of nitrogens with one attached hydrogen (secondary N) is 2. The summed E-state index contributed by atoms with van der Waals surface area (Å²) in [5.74, 6) is 0.754. The standard InChI is InChI=1S/C13H22N4O/c1-5-6-7-15-13(18)11-10(14-4)8-16-12(17-11)9(2)3/h8-9,14H,5-7H2,1-4H3,(H,15,18). The molecule has 1 aromatic rings. The van der Waals surface area contributed by atoms with Gasteiger partial charge in [-0.1, -0.05) is 27.2 Å². The van der Waals surface area contributed by atoms with Crippen LogP contribution in [0.3, 0.4) is 0 Å². The second-order valence-corrected chi connectivity index (χ2v) is 4.50. The van der Waals surface area contributed by atoms with Crippen molar-refractivity contribution in [1.29, 1.82) is 0 Å². The Morgan fingerprint density at radius 1 is 1.44 bits per heavy atom. The molecule has 0 saturated carbocycles. The highest BCUT2D eigenvalue weighted by Crippen LogP contribution is 2.15. The van der Waals surface area contributed by atoms with Gasteiger partial charge in [-0.2, -0.15) is 0 Å². The lowest BCUT2D eigenvalue weighted by Crippen LogP contribution is -2.27. The molecule has 0 saturated heterocycles. The quantitative estimate of drug-likeness (QED) is 0.759. The third-order valence-electron chi connectivity index (χ3n) is 2.62. The molecule has 0 radical (unpaired) electrons. The minimum absolute atomic E-state index is 0.142. The Balaban J connectivity index is 2.89. The predicted molar refractivity (Wildman–Crippen MR) is 72.9 cm³/mol. The lowest BCUT2D eigenvalue weighted by Gasteiger charge is -2.11. The molecule has 0 aliphatic carbocycles. The van der Waals surface area contributed by atoms with Gasteiger partial charge in [0.2, 0.25) is 0 Å². The van der Waals surface area contributed by atoms with E-state index in [-0.39, 0.29) is 11.8 Å². The first kappa shape index (κ1) is 14.4. The molecule has 0 atom stereocenters. The van der Waals surface area contributed by atoms with E-state index in [0.29, 0.717) is 23.8 Å². The molecule has 5 nitrogen and oxygen atoms in total. The minimum atomic E-state index is -0.142. The topological polar surface area (TPSA) is 66.9 Å². The zero-order chi connectivity index (χ0) is 13.5. The summed E-state index contributed by atoms with van der Waals surface area (Å²) >= 11 is 0. The van der Waals surface area contributed by atoms with Crippen LogP contribution in [0.5, 0.6) is 0 Å². The summed E-state index contributed by atoms with van der Waals surface area (Å²) in [5.41, 5.74) is 1.08. The Labute approximate surface area is 108 Å². The van der Waals surface area contributed by atoms with Crippen LogP contribution in [0.4, 0.5) is 5.69 Å². The van der Waals surface area contributed by atoms with Gasteiger partial charge < -0.3 is 10.6 Å². The van der Waals surface area contributed by atoms with Gasteiger partial charge in [-0.15, -0.1) is 0 Å². The van der Waals surface area contributed by atoms with Gasteiger partial charge >= 0.3 is 0 Å². The average Bonchev–Trinajstić information content (AvgIpc) is 2.38. The Hall–Kier alpha value is -1.65. The first-order valence-corrected chi connectivity index (χ1v) is 6.43. The number of hydrogen-bond donors (Lipinski definition) is 2. The number of amides is 1. The smallest absolute Gasteiger partial charge is 0.272 e. The SMILES string of the molecule is CCCCNC(=O)c1nc(C(C)C)ncc1NC. The van der Waals surface area contributed by atoms with E-state index in [4.69, 9.17) is 0 Å². The van der Waals surface area contributed by atoms with Crippen LogP contribution in [0.1, 0.15) is 55.8 Å². The monoisotopic (exact) mass is 250 g/mol. The van der Waals surface area contributed by atoms with Gasteiger partial charge in [0.05, 0.1) is 11.9 Å². The van der Waals surface area contributed by atoms with E-state index in [1.165, 1.54) is 0 Å². The van der Waals surface area contributed by atoms with E-state index in [0.717, 1.165) is 12.8 Å². The van der Waals surface area contributed by atoms with Gasteiger partial charge in [-0.25, -0.2) is 9.97 Å². The molecular weight excluding hydrogens is 228 g/mol. The molecule has 0 fully saturated rings. The molecule has 0 aromatic carbocycles. The molecule has 18 heavy (non-hydrogen) atoms. The maximum absolute atomic E-state index is 12.0. The molecule has 1 amide bonds. The van der Waals surface area contributed by atoms with Gasteiger partial charge in [0.1, 0.15) is 5.82 Å². The normalized spacial score (nSPS) is 10.5. The van der Waals surface area contributed by atoms with Crippen LogP contribution in [0.2, 0.25) is 0 Å². The molecule has 2 N–H and O–H groups in total. The van der Waals surface area contributed by atoms with E-state index >= 15 is 0 Å². The highest BCUT2D eigenvalue weighted by atomic mass is 16.1. The number of nitrogens with zero attached hydrogens (tertiary/aromatic N) is 2. The number of anilines is 1. The molecule has 100 valence electrons. The van der Waals surface area contributed by atoms with Crippen LogP contribution < -0.4 is 10.6 Å². The van der Waals surface area contributed by atoms with Crippen LogP contribution in [-0.2, 0) is 0 Å². The van der Waals surface area contributed by atoms with Crippen molar-refractivity contribution in [2.24, 2.45) is 0 Å². The lowest BCUT2D eigenvalue weighted by atomic mass is 10.2. The van der Waals surface area contributed by atoms with Gasteiger partial charge in [-0.3, -0.25) is 4.79 Å². The lowest BCUT2D eigenvalue weighted by molar-refractivity contribution is 0.0948. The van der Waals surface area contributed by atoms with Crippen LogP contribution in [0, 0.1) is 0 Å². The van der Waals surface area contributed by atoms with Gasteiger partial charge in [0.15, 0.2) is 5.69 Å². The van der Waals surface area contributed by atoms with Crippen molar-refractivity contribution >= 4 is 11.6 Å². The summed E-state index contributed by atoms with van der Waals surface area (Å²) in [7, 11) is 1.76. The number of aromatic nitrogens is 2. The van der Waals surface area contributed by atoms with Crippen LogP contribution in [0.25, 0.3) is 0 Å². The Bertz CT molecular complexity index is 404. The molecule has 0 aliphatic heterocycles. The molecule has 0 spiro atoms. The summed E-state index contributed by atoms with van der Waals surface area (Å²) in [6.45, 7) is 6.78. The van der Waals surface area contributed by atoms with Crippen molar-refractivity contribution in [1.82, 2.24) is 15.3 Å². The molecule has 1 rings (SSSR count). The fourth-order valence-electron chi connectivity index (χ4n) is 1.49. The van der Waals surface area contributed by atoms with Gasteiger partial charge in [0.25, 0.3) is 5.91 Å². The van der Waals surface area contributed by atoms with Crippen LogP contribution in [0.15, 0.2) is 6.20 Å². The zero-order valence-electron chi connectivity index (χ0n) is 11.6. The Morgan fingerprint density at radius 2 is 2.17 bits per heavy atom. The van der Waals surface area contributed by atoms with Gasteiger partial charge in [-0.05, 0) is 6.42 Å². The van der Waals surface area contributed by atoms with Crippen LogP contribution in [-0.4, -0.2) is 29.5 Å². The average molecular weight is 250 g/mol. The molecule has 0 bridgehead atoms. The third-order valence-corrected chi connectivity index (χ3v) is 2.62. The summed E-state index contributed by atoms with van der Waals surface area (Å²) < 4.78 is 0. The second-order valence-electron chi connectivity index (χ2n) is 4.50. The number of rotatable bonds is 6. The van der Waals surface area contributed by atoms with Crippen LogP contribution >= 0.6 is 0 Å². The maximum Gasteiger partial charge on any atom is 0.272 e. The van der Waals surface area contributed by atoms with Crippen molar-refractivity contribution in [2.75, 3.05) is 18.9 Å². The molecular formula is C13H22N4O. The maximum atomic E-state index is 12.0. The van der Waals surface area contributed by atoms with Crippen molar-refractivity contribution in [3.05, 3.63) is 17.7 Å². The van der Waals surface area contributed by atoms with E-state index in [1.807, 2.05) is 13.8 Å². The Morgan fingerprint density at radius 3 is 2.72 bits per heavy atom. The third kappa shape index (κ3) is 3.68. The molecule has 5 heteroatoms. The van der Waals surface area contributed by atoms with E-state index in [2.05, 4.69) is 27.5 Å². The number of carbonyl (C=O) groups excluding carboxylic acids is 1. The summed E-state index contributed by atoms with van der Waals surface area (Å²) in [5, 5.41) is 5.82. The fraction of sp³-hybridized carbons (Fsp3) is 0.615. The highest BCUT2D eigenvalue weighted by molar-refractivity contribution is 5.97. The second kappa shape index (κ2) is 6.93. The highest BCUT2D eigenvalue weighted by Gasteiger charge is 2.15. The van der Waals surface area contributed by atoms with E-state index < -0.39 is 0 Å². The van der Waals surface area contributed by atoms with Gasteiger partial charge in [0, 0.05) is 19.5 Å². The molecule has 1 aromatic heterocycles. The summed E-state index contributed by atoms with van der Waals surface area (Å²) in [6.07, 6.45) is 3.69. The zero-order valence-corrected chi connectivity index (χ0v) is 11.6. The van der Waals surface area contributed by atoms with Crippen molar-refractivity contribution < 1.29 is 4.79 Å². The van der Waals surface area contributed by atoms with Crippen molar-refractivity contribution in [3.8, 4) is 0 Å². The first-order valence-electron chi connectivity index (χ1n) is 6.43. The molecule has 1 heterocycles. The fourth-order valence-corrected chi connectivity index (χ4v) is 1.49. The largest absolute Gasteiger partial charge is 0.385 e.